The van der Waals surface area contributed by atoms with Crippen molar-refractivity contribution in [2.45, 2.75) is 11.3 Å². The van der Waals surface area contributed by atoms with Crippen LogP contribution in [0.2, 0.25) is 0 Å². The van der Waals surface area contributed by atoms with Crippen LogP contribution in [0.25, 0.3) is 0 Å². The van der Waals surface area contributed by atoms with E-state index in [4.69, 9.17) is 10.0 Å². The number of nitrogens with zero attached hydrogens (tertiary/aromatic N) is 1. The topological polar surface area (TPSA) is 69.9 Å². The lowest BCUT2D eigenvalue weighted by Gasteiger charge is -2.05. The van der Waals surface area contributed by atoms with Crippen LogP contribution >= 0.6 is 0 Å². The van der Waals surface area contributed by atoms with E-state index in [9.17, 15) is 4.21 Å². The van der Waals surface area contributed by atoms with Gasteiger partial charge < -0.3 is 10.0 Å². The minimum absolute atomic E-state index is 0.403. The van der Waals surface area contributed by atoms with Gasteiger partial charge in [-0.1, -0.05) is 12.1 Å². The first-order chi connectivity index (χ1) is 7.12. The van der Waals surface area contributed by atoms with Crippen LogP contribution < -0.4 is 5.46 Å². The maximum Gasteiger partial charge on any atom is 0.488 e. The van der Waals surface area contributed by atoms with E-state index in [1.165, 1.54) is 0 Å². The summed E-state index contributed by atoms with van der Waals surface area (Å²) in [4.78, 5) is 0.685. The lowest BCUT2D eigenvalue weighted by atomic mass is 9.81. The first-order valence-electron chi connectivity index (χ1n) is 4.78. The zero-order valence-corrected chi connectivity index (χ0v) is 8.98. The zero-order valence-electron chi connectivity index (χ0n) is 8.17. The molecule has 0 radical (unpaired) electrons. The molecule has 0 bridgehead atoms. The van der Waals surface area contributed by atoms with Crippen LogP contribution in [0.4, 0.5) is 0 Å². The molecule has 80 valence electrons. The maximum absolute atomic E-state index is 12.2. The van der Waals surface area contributed by atoms with Crippen LogP contribution in [0.5, 0.6) is 0 Å². The molecule has 1 aliphatic heterocycles. The summed E-state index contributed by atoms with van der Waals surface area (Å²) in [5.74, 6) is 0.605. The van der Waals surface area contributed by atoms with Gasteiger partial charge in [0.15, 0.2) is 0 Å². The average molecular weight is 225 g/mol. The van der Waals surface area contributed by atoms with Gasteiger partial charge in [0.05, 0.1) is 9.73 Å². The first-order valence-corrected chi connectivity index (χ1v) is 6.47. The van der Waals surface area contributed by atoms with E-state index >= 15 is 0 Å². The van der Waals surface area contributed by atoms with Gasteiger partial charge in [-0.2, -0.15) is 0 Å². The fourth-order valence-electron chi connectivity index (χ4n) is 1.58. The third kappa shape index (κ3) is 2.06. The monoisotopic (exact) mass is 225 g/mol. The van der Waals surface area contributed by atoms with E-state index in [2.05, 4.69) is 4.36 Å². The molecule has 1 aromatic carbocycles. The van der Waals surface area contributed by atoms with Crippen molar-refractivity contribution in [3.63, 3.8) is 0 Å². The molecule has 15 heavy (non-hydrogen) atoms. The highest BCUT2D eigenvalue weighted by Crippen LogP contribution is 2.18. The second kappa shape index (κ2) is 3.96. The van der Waals surface area contributed by atoms with E-state index in [0.29, 0.717) is 22.7 Å². The van der Waals surface area contributed by atoms with Crippen molar-refractivity contribution in [1.29, 1.82) is 0 Å². The molecule has 0 fully saturated rings. The van der Waals surface area contributed by atoms with Gasteiger partial charge in [0, 0.05) is 17.2 Å². The fourth-order valence-corrected chi connectivity index (χ4v) is 3.60. The van der Waals surface area contributed by atoms with Crippen LogP contribution in [0.15, 0.2) is 33.5 Å². The van der Waals surface area contributed by atoms with Gasteiger partial charge in [-0.3, -0.25) is 0 Å². The second-order valence-electron chi connectivity index (χ2n) is 3.49. The second-order valence-corrected chi connectivity index (χ2v) is 5.91. The van der Waals surface area contributed by atoms with Crippen molar-refractivity contribution < 1.29 is 14.3 Å². The van der Waals surface area contributed by atoms with Crippen molar-refractivity contribution in [3.05, 3.63) is 24.3 Å². The third-order valence-electron chi connectivity index (χ3n) is 2.43. The lowest BCUT2D eigenvalue weighted by molar-refractivity contribution is 0.425. The van der Waals surface area contributed by atoms with Crippen molar-refractivity contribution in [2.24, 2.45) is 4.36 Å². The Kier molecular flexibility index (Phi) is 2.82. The molecule has 1 heterocycles. The Balaban J connectivity index is 2.36. The van der Waals surface area contributed by atoms with E-state index in [1.54, 1.807) is 24.3 Å². The summed E-state index contributed by atoms with van der Waals surface area (Å²) in [6.45, 7) is 0.656. The molecule has 0 saturated heterocycles. The Morgan fingerprint density at radius 3 is 2.40 bits per heavy atom. The molecule has 6 heteroatoms. The Labute approximate surface area is 89.3 Å². The normalized spacial score (nSPS) is 24.9. The molecular formula is C9H12BNO3S. The largest absolute Gasteiger partial charge is 0.488 e. The Morgan fingerprint density at radius 2 is 1.93 bits per heavy atom. The number of hydrogen-bond acceptors (Lipinski definition) is 4. The van der Waals surface area contributed by atoms with Crippen molar-refractivity contribution in [2.75, 3.05) is 12.3 Å². The smallest absolute Gasteiger partial charge is 0.423 e. The highest BCUT2D eigenvalue weighted by molar-refractivity contribution is 7.93. The highest BCUT2D eigenvalue weighted by Gasteiger charge is 2.18. The van der Waals surface area contributed by atoms with E-state index < -0.39 is 16.8 Å². The quantitative estimate of drug-likeness (QED) is 0.672. The van der Waals surface area contributed by atoms with Crippen LogP contribution in [-0.2, 0) is 9.73 Å². The molecule has 1 unspecified atom stereocenters. The van der Waals surface area contributed by atoms with Crippen molar-refractivity contribution in [1.82, 2.24) is 0 Å². The summed E-state index contributed by atoms with van der Waals surface area (Å²) in [6, 6.07) is 6.46. The Bertz CT molecular complexity index is 463. The number of hydrogen-bond donors (Lipinski definition) is 2. The minimum Gasteiger partial charge on any atom is -0.423 e. The molecule has 0 saturated carbocycles. The van der Waals surface area contributed by atoms with Gasteiger partial charge in [0.2, 0.25) is 0 Å². The van der Waals surface area contributed by atoms with Crippen LogP contribution in [0.1, 0.15) is 6.42 Å². The summed E-state index contributed by atoms with van der Waals surface area (Å²) in [5.41, 5.74) is 0.403. The fraction of sp³-hybridized carbons (Fsp3) is 0.333. The van der Waals surface area contributed by atoms with E-state index in [-0.39, 0.29) is 0 Å². The van der Waals surface area contributed by atoms with Gasteiger partial charge in [0.1, 0.15) is 0 Å². The Morgan fingerprint density at radius 1 is 1.27 bits per heavy atom. The summed E-state index contributed by atoms with van der Waals surface area (Å²) < 4.78 is 16.3. The molecule has 2 N–H and O–H groups in total. The predicted molar refractivity (Wildman–Crippen MR) is 59.5 cm³/mol. The summed E-state index contributed by atoms with van der Waals surface area (Å²) >= 11 is 0. The minimum atomic E-state index is -2.21. The molecule has 4 nitrogen and oxygen atoms in total. The summed E-state index contributed by atoms with van der Waals surface area (Å²) in [7, 11) is -3.69. The van der Waals surface area contributed by atoms with E-state index in [1.807, 2.05) is 0 Å². The molecule has 1 aliphatic rings. The predicted octanol–water partition coefficient (Wildman–Crippen LogP) is -0.403. The molecule has 1 aromatic rings. The number of rotatable bonds is 2. The lowest BCUT2D eigenvalue weighted by Crippen LogP contribution is -2.29. The average Bonchev–Trinajstić information content (AvgIpc) is 2.67. The van der Waals surface area contributed by atoms with E-state index in [0.717, 1.165) is 6.42 Å². The molecule has 0 spiro atoms. The van der Waals surface area contributed by atoms with Crippen LogP contribution in [0.3, 0.4) is 0 Å². The van der Waals surface area contributed by atoms with Crippen LogP contribution in [-0.4, -0.2) is 33.7 Å². The number of benzene rings is 1. The van der Waals surface area contributed by atoms with Gasteiger partial charge in [-0.15, -0.1) is 0 Å². The van der Waals surface area contributed by atoms with Gasteiger partial charge in [-0.25, -0.2) is 8.57 Å². The SMILES string of the molecule is O=S1(c2ccc(B(O)O)cc2)=NCCC1. The summed E-state index contributed by atoms with van der Waals surface area (Å²) in [6.07, 6.45) is 0.864. The molecule has 0 aromatic heterocycles. The van der Waals surface area contributed by atoms with Gasteiger partial charge >= 0.3 is 7.12 Å². The van der Waals surface area contributed by atoms with Gasteiger partial charge in [0.25, 0.3) is 0 Å². The molecule has 1 atom stereocenters. The van der Waals surface area contributed by atoms with Crippen molar-refractivity contribution >= 4 is 22.3 Å². The Hall–Kier alpha value is -0.845. The maximum atomic E-state index is 12.2. The third-order valence-corrected chi connectivity index (χ3v) is 4.88. The van der Waals surface area contributed by atoms with Crippen molar-refractivity contribution in [3.8, 4) is 0 Å². The zero-order chi connectivity index (χ0) is 10.9. The molecular weight excluding hydrogens is 213 g/mol. The highest BCUT2D eigenvalue weighted by atomic mass is 32.2. The standard InChI is InChI=1S/C9H12BNO3S/c12-10(13)8-2-4-9(5-3-8)15(14)7-1-6-11-15/h2-5,12-13H,1,6-7H2. The molecule has 0 aliphatic carbocycles. The van der Waals surface area contributed by atoms with Crippen LogP contribution in [0, 0.1) is 0 Å². The summed E-state index contributed by atoms with van der Waals surface area (Å²) in [5, 5.41) is 17.8. The molecule has 0 amide bonds. The molecule has 2 rings (SSSR count). The first kappa shape index (κ1) is 10.7. The van der Waals surface area contributed by atoms with Gasteiger partial charge in [-0.05, 0) is 24.0 Å².